The van der Waals surface area contributed by atoms with Gasteiger partial charge in [-0.3, -0.25) is 4.79 Å². The number of amides is 1. The van der Waals surface area contributed by atoms with Gasteiger partial charge in [0.25, 0.3) is 0 Å². The zero-order chi connectivity index (χ0) is 23.5. The maximum absolute atomic E-state index is 13.2. The van der Waals surface area contributed by atoms with Gasteiger partial charge in [0, 0.05) is 37.0 Å². The van der Waals surface area contributed by atoms with E-state index < -0.39 is 0 Å². The predicted octanol–water partition coefficient (Wildman–Crippen LogP) is 4.44. The third kappa shape index (κ3) is 4.68. The minimum absolute atomic E-state index is 0.0996. The summed E-state index contributed by atoms with van der Waals surface area (Å²) in [7, 11) is 1.65. The smallest absolute Gasteiger partial charge is 0.244 e. The molecule has 2 heterocycles. The van der Waals surface area contributed by atoms with Crippen molar-refractivity contribution in [3.63, 3.8) is 0 Å². The molecule has 1 amide bonds. The summed E-state index contributed by atoms with van der Waals surface area (Å²) in [4.78, 5) is 19.4. The first-order valence-corrected chi connectivity index (χ1v) is 11.8. The summed E-state index contributed by atoms with van der Waals surface area (Å²) in [6.45, 7) is 3.30. The number of aromatic nitrogens is 2. The van der Waals surface area contributed by atoms with Gasteiger partial charge in [-0.15, -0.1) is 0 Å². The second kappa shape index (κ2) is 9.69. The van der Waals surface area contributed by atoms with Crippen molar-refractivity contribution in [1.29, 1.82) is 0 Å². The molecule has 3 aliphatic rings. The Morgan fingerprint density at radius 3 is 2.91 bits per heavy atom. The van der Waals surface area contributed by atoms with Crippen molar-refractivity contribution >= 4 is 11.6 Å². The topological polar surface area (TPSA) is 59.4 Å². The molecular weight excluding hydrogens is 424 g/mol. The van der Waals surface area contributed by atoms with Crippen molar-refractivity contribution < 1.29 is 9.53 Å². The highest BCUT2D eigenvalue weighted by molar-refractivity contribution is 5.99. The summed E-state index contributed by atoms with van der Waals surface area (Å²) < 4.78 is 7.56. The first-order valence-electron chi connectivity index (χ1n) is 11.8. The molecule has 6 nitrogen and oxygen atoms in total. The number of benzene rings is 1. The maximum atomic E-state index is 13.2. The molecule has 1 saturated heterocycles. The normalized spacial score (nSPS) is 23.6. The number of methoxy groups -OCH3 is 1. The quantitative estimate of drug-likeness (QED) is 0.656. The average molecular weight is 455 g/mol. The fraction of sp³-hybridized carbons (Fsp3) is 0.286. The first-order chi connectivity index (χ1) is 16.6. The van der Waals surface area contributed by atoms with Gasteiger partial charge in [0.15, 0.2) is 0 Å². The van der Waals surface area contributed by atoms with Crippen molar-refractivity contribution in [3.05, 3.63) is 96.2 Å². The number of anilines is 1. The van der Waals surface area contributed by atoms with Gasteiger partial charge < -0.3 is 19.5 Å². The van der Waals surface area contributed by atoms with Gasteiger partial charge in [-0.05, 0) is 43.0 Å². The van der Waals surface area contributed by atoms with E-state index in [2.05, 4.69) is 58.9 Å². The van der Waals surface area contributed by atoms with Crippen LogP contribution in [-0.4, -0.2) is 41.7 Å². The molecule has 2 aromatic rings. The highest BCUT2D eigenvalue weighted by Crippen LogP contribution is 2.31. The van der Waals surface area contributed by atoms with E-state index in [4.69, 9.17) is 4.74 Å². The molecule has 0 radical (unpaired) electrons. The molecule has 0 saturated carbocycles. The lowest BCUT2D eigenvalue weighted by atomic mass is 10.0. The Labute approximate surface area is 200 Å². The molecule has 2 aliphatic carbocycles. The second-order valence-corrected chi connectivity index (χ2v) is 8.88. The summed E-state index contributed by atoms with van der Waals surface area (Å²) >= 11 is 0. The van der Waals surface area contributed by atoms with Crippen molar-refractivity contribution in [2.75, 3.05) is 25.1 Å². The number of nitrogens with one attached hydrogen (secondary N) is 1. The molecule has 1 aromatic carbocycles. The maximum Gasteiger partial charge on any atom is 0.244 e. The van der Waals surface area contributed by atoms with Crippen LogP contribution in [0.5, 0.6) is 5.75 Å². The third-order valence-electron chi connectivity index (χ3n) is 6.44. The SMILES string of the molecule is COc1cc(N2CCC(NCC3=CC4C=C(C=C3)/C=C\C/C=C\4)C2=O)ccc1-n1cnc(C)c1. The number of hydrogen-bond acceptors (Lipinski definition) is 4. The molecule has 2 unspecified atom stereocenters. The number of nitrogens with zero attached hydrogens (tertiary/aromatic N) is 3. The van der Waals surface area contributed by atoms with Gasteiger partial charge in [0.2, 0.25) is 5.91 Å². The fourth-order valence-electron chi connectivity index (χ4n) is 4.66. The van der Waals surface area contributed by atoms with Crippen LogP contribution in [0.2, 0.25) is 0 Å². The summed E-state index contributed by atoms with van der Waals surface area (Å²) in [5, 5.41) is 3.49. The summed E-state index contributed by atoms with van der Waals surface area (Å²) in [5.41, 5.74) is 5.11. The number of fused-ring (bicyclic) bond motifs is 1. The molecule has 1 fully saturated rings. The zero-order valence-electron chi connectivity index (χ0n) is 19.6. The van der Waals surface area contributed by atoms with Gasteiger partial charge in [-0.2, -0.15) is 0 Å². The van der Waals surface area contributed by atoms with Crippen LogP contribution in [0.15, 0.2) is 90.5 Å². The zero-order valence-corrected chi connectivity index (χ0v) is 19.6. The molecule has 2 bridgehead atoms. The Kier molecular flexibility index (Phi) is 6.32. The van der Waals surface area contributed by atoms with Crippen molar-refractivity contribution in [3.8, 4) is 11.4 Å². The van der Waals surface area contributed by atoms with Gasteiger partial charge in [0.1, 0.15) is 5.75 Å². The molecule has 1 aromatic heterocycles. The number of carbonyl (C=O) groups is 1. The molecule has 34 heavy (non-hydrogen) atoms. The van der Waals surface area contributed by atoms with Crippen LogP contribution in [0.1, 0.15) is 18.5 Å². The lowest BCUT2D eigenvalue weighted by Crippen LogP contribution is -2.39. The van der Waals surface area contributed by atoms with E-state index in [1.807, 2.05) is 40.8 Å². The molecule has 6 heteroatoms. The van der Waals surface area contributed by atoms with Crippen LogP contribution in [-0.2, 0) is 4.79 Å². The fourth-order valence-corrected chi connectivity index (χ4v) is 4.66. The van der Waals surface area contributed by atoms with Crippen LogP contribution in [0.4, 0.5) is 5.69 Å². The van der Waals surface area contributed by atoms with Crippen molar-refractivity contribution in [1.82, 2.24) is 14.9 Å². The lowest BCUT2D eigenvalue weighted by molar-refractivity contribution is -0.118. The molecule has 0 spiro atoms. The van der Waals surface area contributed by atoms with E-state index in [1.165, 1.54) is 11.1 Å². The first kappa shape index (κ1) is 22.2. The van der Waals surface area contributed by atoms with Crippen LogP contribution in [0.25, 0.3) is 5.69 Å². The number of imidazole rings is 1. The Morgan fingerprint density at radius 2 is 2.09 bits per heavy atom. The number of ether oxygens (including phenoxy) is 1. The highest BCUT2D eigenvalue weighted by Gasteiger charge is 2.32. The molecule has 1 N–H and O–H groups in total. The number of hydrogen-bond donors (Lipinski definition) is 1. The number of allylic oxidation sites excluding steroid dienone is 8. The minimum atomic E-state index is -0.198. The third-order valence-corrected chi connectivity index (χ3v) is 6.44. The van der Waals surface area contributed by atoms with Crippen molar-refractivity contribution in [2.24, 2.45) is 5.92 Å². The van der Waals surface area contributed by atoms with E-state index in [9.17, 15) is 4.79 Å². The van der Waals surface area contributed by atoms with Crippen LogP contribution >= 0.6 is 0 Å². The monoisotopic (exact) mass is 454 g/mol. The molecule has 1 aliphatic heterocycles. The van der Waals surface area contributed by atoms with Gasteiger partial charge >= 0.3 is 0 Å². The summed E-state index contributed by atoms with van der Waals surface area (Å²) in [6.07, 6.45) is 23.1. The van der Waals surface area contributed by atoms with Crippen LogP contribution in [0, 0.1) is 12.8 Å². The Hall–Kier alpha value is -3.64. The number of carbonyl (C=O) groups excluding carboxylic acids is 1. The molecule has 174 valence electrons. The molecular formula is C28H30N4O2. The predicted molar refractivity (Wildman–Crippen MR) is 135 cm³/mol. The summed E-state index contributed by atoms with van der Waals surface area (Å²) in [5.74, 6) is 1.09. The van der Waals surface area contributed by atoms with E-state index >= 15 is 0 Å². The Bertz CT molecular complexity index is 1230. The van der Waals surface area contributed by atoms with Gasteiger partial charge in [0.05, 0.1) is 30.9 Å². The number of aryl methyl sites for hydroxylation is 1. The largest absolute Gasteiger partial charge is 0.494 e. The average Bonchev–Trinajstić information content (AvgIpc) is 3.35. The van der Waals surface area contributed by atoms with E-state index in [0.717, 1.165) is 29.9 Å². The lowest BCUT2D eigenvalue weighted by Gasteiger charge is -2.19. The van der Waals surface area contributed by atoms with Crippen molar-refractivity contribution in [2.45, 2.75) is 25.8 Å². The molecule has 5 rings (SSSR count). The Morgan fingerprint density at radius 1 is 1.18 bits per heavy atom. The second-order valence-electron chi connectivity index (χ2n) is 8.88. The standard InChI is InChI=1S/C28H30N4O2/c1-20-18-31(19-30-20)26-11-10-24(16-27(26)34-2)32-13-12-25(28(32)33)29-17-23-9-8-21-6-4-3-5-7-22(14-21)15-23/h4-11,14-16,18-19,22,25,29H,3,12-13,17H2,1-2H3/b6-4-,7-5-. The van der Waals surface area contributed by atoms with E-state index in [0.29, 0.717) is 18.8 Å². The van der Waals surface area contributed by atoms with Crippen LogP contribution in [0.3, 0.4) is 0 Å². The van der Waals surface area contributed by atoms with Crippen LogP contribution < -0.4 is 15.0 Å². The van der Waals surface area contributed by atoms with E-state index in [1.54, 1.807) is 13.4 Å². The highest BCUT2D eigenvalue weighted by atomic mass is 16.5. The minimum Gasteiger partial charge on any atom is -0.494 e. The van der Waals surface area contributed by atoms with Gasteiger partial charge in [-0.1, -0.05) is 48.6 Å². The Balaban J connectivity index is 1.26. The van der Waals surface area contributed by atoms with E-state index in [-0.39, 0.29) is 17.9 Å². The molecule has 2 atom stereocenters. The summed E-state index contributed by atoms with van der Waals surface area (Å²) in [6, 6.07) is 5.68. The number of rotatable bonds is 6. The van der Waals surface area contributed by atoms with Gasteiger partial charge in [-0.25, -0.2) is 4.98 Å².